The lowest BCUT2D eigenvalue weighted by Crippen LogP contribution is -2.65. The Morgan fingerprint density at radius 2 is 1.89 bits per heavy atom. The molecule has 7 N–H and O–H groups in total. The highest BCUT2D eigenvalue weighted by atomic mass is 16.3. The van der Waals surface area contributed by atoms with Gasteiger partial charge in [-0.15, -0.1) is 0 Å². The predicted octanol–water partition coefficient (Wildman–Crippen LogP) is 2.05. The Morgan fingerprint density at radius 1 is 1.22 bits per heavy atom. The van der Waals surface area contributed by atoms with E-state index in [0.29, 0.717) is 17.5 Å². The summed E-state index contributed by atoms with van der Waals surface area (Å²) in [6, 6.07) is 1.80. The van der Waals surface area contributed by atoms with Gasteiger partial charge in [0, 0.05) is 17.9 Å². The molecule has 0 aromatic heterocycles. The van der Waals surface area contributed by atoms with E-state index in [2.05, 4.69) is 0 Å². The van der Waals surface area contributed by atoms with Crippen molar-refractivity contribution in [3.05, 3.63) is 51.5 Å². The summed E-state index contributed by atoms with van der Waals surface area (Å²) >= 11 is 0. The summed E-state index contributed by atoms with van der Waals surface area (Å²) in [7, 11) is 3.10. The van der Waals surface area contributed by atoms with Crippen LogP contribution in [-0.2, 0) is 20.8 Å². The van der Waals surface area contributed by atoms with Crippen LogP contribution in [0.2, 0.25) is 0 Å². The summed E-state index contributed by atoms with van der Waals surface area (Å²) in [5.41, 5.74) is 2.66. The summed E-state index contributed by atoms with van der Waals surface area (Å²) < 4.78 is 0. The summed E-state index contributed by atoms with van der Waals surface area (Å²) in [4.78, 5) is 40.4. The maximum Gasteiger partial charge on any atom is 0.255 e. The molecule has 0 bridgehead atoms. The second-order valence-electron chi connectivity index (χ2n) is 10.2. The Labute approximate surface area is 214 Å². The summed E-state index contributed by atoms with van der Waals surface area (Å²) in [5.74, 6) is -6.78. The number of unbranched alkanes of at least 4 members (excludes halogenated alkanes) is 1. The molecular formula is C27H32N2O8. The van der Waals surface area contributed by atoms with Crippen molar-refractivity contribution in [1.82, 2.24) is 4.90 Å². The van der Waals surface area contributed by atoms with E-state index >= 15 is 0 Å². The van der Waals surface area contributed by atoms with Gasteiger partial charge in [0.15, 0.2) is 11.4 Å². The molecular weight excluding hydrogens is 480 g/mol. The Hall–Kier alpha value is -3.63. The SMILES string of the molecule is CCCC/C(O)=C/c1ccc(O)c2c1CC1CC3C(N(C)C)C(=O)C(C(N)=O)=C(O)C3(O)C(=O)C1=C2O. The number of carbonyl (C=O) groups excluding carboxylic acids is 3. The van der Waals surface area contributed by atoms with Crippen LogP contribution in [0.4, 0.5) is 0 Å². The molecule has 4 atom stereocenters. The number of rotatable bonds is 6. The van der Waals surface area contributed by atoms with E-state index in [1.165, 1.54) is 11.0 Å². The lowest BCUT2D eigenvalue weighted by molar-refractivity contribution is -0.153. The van der Waals surface area contributed by atoms with E-state index in [9.17, 15) is 39.9 Å². The summed E-state index contributed by atoms with van der Waals surface area (Å²) in [5, 5.41) is 54.7. The van der Waals surface area contributed by atoms with Gasteiger partial charge in [0.05, 0.1) is 17.4 Å². The summed E-state index contributed by atoms with van der Waals surface area (Å²) in [6.45, 7) is 2.00. The number of fused-ring (bicyclic) bond motifs is 3. The molecule has 0 aliphatic heterocycles. The van der Waals surface area contributed by atoms with Gasteiger partial charge in [0.1, 0.15) is 22.8 Å². The van der Waals surface area contributed by atoms with Crippen molar-refractivity contribution in [1.29, 1.82) is 0 Å². The van der Waals surface area contributed by atoms with Crippen molar-refractivity contribution in [3.63, 3.8) is 0 Å². The highest BCUT2D eigenvalue weighted by Gasteiger charge is 2.64. The number of hydrogen-bond donors (Lipinski definition) is 6. The monoisotopic (exact) mass is 512 g/mol. The van der Waals surface area contributed by atoms with Crippen LogP contribution < -0.4 is 5.73 Å². The fourth-order valence-corrected chi connectivity index (χ4v) is 6.01. The number of allylic oxidation sites excluding steroid dienone is 1. The second kappa shape index (κ2) is 9.35. The van der Waals surface area contributed by atoms with Gasteiger partial charge < -0.3 is 31.3 Å². The van der Waals surface area contributed by atoms with Crippen molar-refractivity contribution >= 4 is 29.3 Å². The zero-order valence-electron chi connectivity index (χ0n) is 21.0. The molecule has 10 heteroatoms. The maximum atomic E-state index is 13.8. The van der Waals surface area contributed by atoms with Gasteiger partial charge in [-0.05, 0) is 62.5 Å². The minimum atomic E-state index is -2.67. The first-order valence-electron chi connectivity index (χ1n) is 12.2. The second-order valence-corrected chi connectivity index (χ2v) is 10.2. The number of nitrogens with zero attached hydrogens (tertiary/aromatic N) is 1. The average Bonchev–Trinajstić information content (AvgIpc) is 2.81. The van der Waals surface area contributed by atoms with Gasteiger partial charge in [-0.3, -0.25) is 19.3 Å². The van der Waals surface area contributed by atoms with Gasteiger partial charge in [-0.2, -0.15) is 0 Å². The molecule has 4 unspecified atom stereocenters. The largest absolute Gasteiger partial charge is 0.512 e. The Kier molecular flexibility index (Phi) is 6.68. The molecule has 198 valence electrons. The van der Waals surface area contributed by atoms with Crippen LogP contribution in [0.15, 0.2) is 34.8 Å². The van der Waals surface area contributed by atoms with Gasteiger partial charge >= 0.3 is 0 Å². The molecule has 1 saturated carbocycles. The molecule has 1 amide bonds. The third-order valence-corrected chi connectivity index (χ3v) is 7.75. The number of amides is 1. The zero-order chi connectivity index (χ0) is 27.4. The first-order chi connectivity index (χ1) is 17.4. The minimum Gasteiger partial charge on any atom is -0.512 e. The van der Waals surface area contributed by atoms with Crippen LogP contribution in [-0.4, -0.2) is 73.6 Å². The lowest BCUT2D eigenvalue weighted by atomic mass is 9.57. The number of primary amides is 1. The van der Waals surface area contributed by atoms with Crippen molar-refractivity contribution < 1.29 is 39.9 Å². The molecule has 1 aromatic rings. The molecule has 0 spiro atoms. The molecule has 1 fully saturated rings. The van der Waals surface area contributed by atoms with Crippen LogP contribution in [0.5, 0.6) is 5.75 Å². The number of phenolic OH excluding ortho intramolecular Hbond substituents is 1. The molecule has 10 nitrogen and oxygen atoms in total. The number of phenols is 1. The van der Waals surface area contributed by atoms with E-state index in [-0.39, 0.29) is 35.5 Å². The molecule has 0 radical (unpaired) electrons. The summed E-state index contributed by atoms with van der Waals surface area (Å²) in [6.07, 6.45) is 3.85. The highest BCUT2D eigenvalue weighted by Crippen LogP contribution is 2.53. The smallest absolute Gasteiger partial charge is 0.255 e. The first kappa shape index (κ1) is 26.4. The van der Waals surface area contributed by atoms with Gasteiger partial charge in [0.25, 0.3) is 5.91 Å². The van der Waals surface area contributed by atoms with Crippen molar-refractivity contribution in [2.45, 2.75) is 50.7 Å². The number of aromatic hydroxyl groups is 1. The number of aliphatic hydroxyl groups is 4. The third kappa shape index (κ3) is 3.91. The standard InChI is InChI=1S/C27H32N2O8/c1-4-5-6-14(30)9-12-7-8-17(31)19-15(12)10-13-11-16-21(29(2)3)23(33)20(26(28)36)25(35)27(16,37)24(34)18(13)22(19)32/h7-9,13,16,21,30-32,35,37H,4-6,10-11H2,1-3H3,(H2,28,36)/b14-9-. The predicted molar refractivity (Wildman–Crippen MR) is 134 cm³/mol. The average molecular weight is 513 g/mol. The number of nitrogens with two attached hydrogens (primary N) is 1. The van der Waals surface area contributed by atoms with Crippen LogP contribution in [0.3, 0.4) is 0 Å². The number of Topliss-reactive ketones (excluding diaryl/α,β-unsaturated/α-hetero) is 2. The molecule has 37 heavy (non-hydrogen) atoms. The molecule has 3 aliphatic rings. The highest BCUT2D eigenvalue weighted by molar-refractivity contribution is 6.24. The van der Waals surface area contributed by atoms with Crippen LogP contribution in [0.25, 0.3) is 11.8 Å². The van der Waals surface area contributed by atoms with Crippen molar-refractivity contribution in [3.8, 4) is 5.75 Å². The normalized spacial score (nSPS) is 27.8. The number of hydrogen-bond acceptors (Lipinski definition) is 9. The number of benzene rings is 1. The Bertz CT molecular complexity index is 1290. The number of likely N-dealkylation sites (N-methyl/N-ethyl adjacent to an activating group) is 1. The lowest BCUT2D eigenvalue weighted by Gasteiger charge is -2.50. The topological polar surface area (TPSA) is 182 Å². The fourth-order valence-electron chi connectivity index (χ4n) is 6.01. The molecule has 1 aromatic carbocycles. The van der Waals surface area contributed by atoms with E-state index in [1.54, 1.807) is 26.2 Å². The number of ketones is 2. The number of carbonyl (C=O) groups is 3. The van der Waals surface area contributed by atoms with Crippen LogP contribution in [0.1, 0.15) is 49.3 Å². The van der Waals surface area contributed by atoms with E-state index < -0.39 is 58.0 Å². The van der Waals surface area contributed by atoms with Crippen molar-refractivity contribution in [2.75, 3.05) is 14.1 Å². The quantitative estimate of drug-likeness (QED) is 0.245. The van der Waals surface area contributed by atoms with Gasteiger partial charge in [0.2, 0.25) is 5.78 Å². The molecule has 3 aliphatic carbocycles. The Morgan fingerprint density at radius 3 is 2.49 bits per heavy atom. The minimum absolute atomic E-state index is 0.00617. The van der Waals surface area contributed by atoms with Gasteiger partial charge in [-0.1, -0.05) is 19.4 Å². The molecule has 4 rings (SSSR count). The van der Waals surface area contributed by atoms with Crippen molar-refractivity contribution in [2.24, 2.45) is 17.6 Å². The van der Waals surface area contributed by atoms with E-state index in [1.807, 2.05) is 6.92 Å². The van der Waals surface area contributed by atoms with E-state index in [4.69, 9.17) is 5.73 Å². The van der Waals surface area contributed by atoms with E-state index in [0.717, 1.165) is 12.8 Å². The maximum absolute atomic E-state index is 13.8. The first-order valence-corrected chi connectivity index (χ1v) is 12.2. The zero-order valence-corrected chi connectivity index (χ0v) is 21.0. The van der Waals surface area contributed by atoms with Crippen LogP contribution >= 0.6 is 0 Å². The van der Waals surface area contributed by atoms with Crippen LogP contribution in [0, 0.1) is 11.8 Å². The van der Waals surface area contributed by atoms with Gasteiger partial charge in [-0.25, -0.2) is 0 Å². The molecule has 0 saturated heterocycles. The number of aliphatic hydroxyl groups excluding tert-OH is 3. The Balaban J connectivity index is 1.92. The fraction of sp³-hybridized carbons (Fsp3) is 0.444. The third-order valence-electron chi connectivity index (χ3n) is 7.75. The molecule has 0 heterocycles.